The lowest BCUT2D eigenvalue weighted by atomic mass is 9.94. The minimum atomic E-state index is -1.63. The Labute approximate surface area is 148 Å². The number of Topliss-reactive ketones (excluding diaryl/α,β-unsaturated/α-hetero) is 1. The number of halogens is 1. The van der Waals surface area contributed by atoms with Crippen LogP contribution in [0, 0.1) is 5.82 Å². The number of hydrogen-bond acceptors (Lipinski definition) is 4. The molecule has 0 unspecified atom stereocenters. The molecule has 7 heteroatoms. The molecule has 3 rings (SSSR count). The summed E-state index contributed by atoms with van der Waals surface area (Å²) in [6.45, 7) is 0.236. The monoisotopic (exact) mass is 357 g/mol. The minimum absolute atomic E-state index is 0.0192. The number of benzene rings is 1. The van der Waals surface area contributed by atoms with Crippen molar-refractivity contribution < 1.29 is 23.8 Å². The largest absolute Gasteiger partial charge is 0.511 e. The highest BCUT2D eigenvalue weighted by Gasteiger charge is 2.26. The molecule has 1 N–H and O–H groups in total. The van der Waals surface area contributed by atoms with E-state index in [0.29, 0.717) is 24.1 Å². The van der Waals surface area contributed by atoms with E-state index in [4.69, 9.17) is 5.11 Å². The number of carboxylic acid groups (broad SMARTS) is 1. The predicted octanol–water partition coefficient (Wildman–Crippen LogP) is 3.28. The molecule has 0 aliphatic heterocycles. The smallest absolute Gasteiger partial charge is 0.449 e. The molecule has 0 fully saturated rings. The summed E-state index contributed by atoms with van der Waals surface area (Å²) in [5.41, 5.74) is 0.221. The topological polar surface area (TPSA) is 85.6 Å². The first-order valence-electron chi connectivity index (χ1n) is 8.08. The fraction of sp³-hybridized carbons (Fsp3) is 0.211. The van der Waals surface area contributed by atoms with Crippen molar-refractivity contribution >= 4 is 18.0 Å². The van der Waals surface area contributed by atoms with Gasteiger partial charge >= 0.3 is 6.16 Å². The minimum Gasteiger partial charge on any atom is -0.449 e. The Bertz CT molecular complexity index is 961. The van der Waals surface area contributed by atoms with Crippen LogP contribution in [0.4, 0.5) is 9.18 Å². The molecule has 26 heavy (non-hydrogen) atoms. The Hall–Kier alpha value is -3.22. The molecule has 0 amide bonds. The number of ketones is 1. The Kier molecular flexibility index (Phi) is 4.97. The van der Waals surface area contributed by atoms with Crippen molar-refractivity contribution in [1.82, 2.24) is 4.57 Å². The molecule has 1 aliphatic rings. The Morgan fingerprint density at radius 2 is 2.04 bits per heavy atom. The first kappa shape index (κ1) is 17.6. The molecule has 0 radical (unpaired) electrons. The summed E-state index contributed by atoms with van der Waals surface area (Å²) < 4.78 is 19.8. The van der Waals surface area contributed by atoms with Gasteiger partial charge in [-0.15, -0.1) is 0 Å². The molecule has 0 saturated heterocycles. The molecule has 1 heterocycles. The van der Waals surface area contributed by atoms with Crippen molar-refractivity contribution in [3.05, 3.63) is 69.4 Å². The van der Waals surface area contributed by atoms with Gasteiger partial charge in [-0.25, -0.2) is 9.18 Å². The summed E-state index contributed by atoms with van der Waals surface area (Å²) in [4.78, 5) is 35.3. The van der Waals surface area contributed by atoms with E-state index in [2.05, 4.69) is 4.74 Å². The van der Waals surface area contributed by atoms with Gasteiger partial charge in [0.05, 0.1) is 11.8 Å². The van der Waals surface area contributed by atoms with Crippen LogP contribution in [0.5, 0.6) is 5.75 Å². The quantitative estimate of drug-likeness (QED) is 0.849. The molecule has 0 saturated carbocycles. The predicted molar refractivity (Wildman–Crippen MR) is 92.1 cm³/mol. The van der Waals surface area contributed by atoms with E-state index in [1.54, 1.807) is 34.9 Å². The average Bonchev–Trinajstić information content (AvgIpc) is 2.60. The molecule has 1 aromatic carbocycles. The lowest BCUT2D eigenvalue weighted by Gasteiger charge is -2.20. The van der Waals surface area contributed by atoms with Crippen LogP contribution >= 0.6 is 0 Å². The highest BCUT2D eigenvalue weighted by molar-refractivity contribution is 5.98. The van der Waals surface area contributed by atoms with Crippen molar-refractivity contribution in [2.45, 2.75) is 25.8 Å². The van der Waals surface area contributed by atoms with E-state index in [0.717, 1.165) is 0 Å². The van der Waals surface area contributed by atoms with Gasteiger partial charge in [0.1, 0.15) is 5.82 Å². The van der Waals surface area contributed by atoms with Crippen LogP contribution in [0.1, 0.15) is 34.5 Å². The van der Waals surface area contributed by atoms with E-state index in [9.17, 15) is 18.8 Å². The number of nitrogens with zero attached hydrogens (tertiary/aromatic N) is 1. The molecule has 134 valence electrons. The van der Waals surface area contributed by atoms with E-state index in [1.165, 1.54) is 12.3 Å². The van der Waals surface area contributed by atoms with E-state index < -0.39 is 17.3 Å². The van der Waals surface area contributed by atoms with Crippen molar-refractivity contribution in [3.63, 3.8) is 0 Å². The summed E-state index contributed by atoms with van der Waals surface area (Å²) in [6.07, 6.45) is 4.29. The molecular weight excluding hydrogens is 341 g/mol. The second kappa shape index (κ2) is 7.35. The number of carbonyl (C=O) groups excluding carboxylic acids is 1. The van der Waals surface area contributed by atoms with E-state index >= 15 is 0 Å². The van der Waals surface area contributed by atoms with Crippen LogP contribution in [0.3, 0.4) is 0 Å². The van der Waals surface area contributed by atoms with Gasteiger partial charge in [0.15, 0.2) is 11.5 Å². The van der Waals surface area contributed by atoms with Crippen molar-refractivity contribution in [2.75, 3.05) is 0 Å². The van der Waals surface area contributed by atoms with Crippen LogP contribution in [0.2, 0.25) is 0 Å². The van der Waals surface area contributed by atoms with Crippen molar-refractivity contribution in [2.24, 2.45) is 0 Å². The zero-order chi connectivity index (χ0) is 18.7. The third-order valence-electron chi connectivity index (χ3n) is 4.16. The fourth-order valence-electron chi connectivity index (χ4n) is 3.01. The normalized spacial score (nSPS) is 13.7. The van der Waals surface area contributed by atoms with Gasteiger partial charge in [0.25, 0.3) is 0 Å². The third-order valence-corrected chi connectivity index (χ3v) is 4.16. The van der Waals surface area contributed by atoms with Gasteiger partial charge in [-0.3, -0.25) is 9.59 Å². The zero-order valence-electron chi connectivity index (χ0n) is 13.8. The number of hydrogen-bond donors (Lipinski definition) is 1. The summed E-state index contributed by atoms with van der Waals surface area (Å²) >= 11 is 0. The van der Waals surface area contributed by atoms with Gasteiger partial charge in [-0.2, -0.15) is 0 Å². The molecule has 0 bridgehead atoms. The first-order valence-corrected chi connectivity index (χ1v) is 8.08. The number of allylic oxidation sites excluding steroid dienone is 1. The van der Waals surface area contributed by atoms with Crippen LogP contribution < -0.4 is 10.2 Å². The van der Waals surface area contributed by atoms with Crippen LogP contribution in [-0.4, -0.2) is 21.6 Å². The number of ether oxygens (including phenoxy) is 1. The number of carbonyl (C=O) groups is 2. The zero-order valence-corrected chi connectivity index (χ0v) is 13.8. The number of aromatic nitrogens is 1. The molecule has 2 aromatic rings. The van der Waals surface area contributed by atoms with E-state index in [-0.39, 0.29) is 30.1 Å². The maximum absolute atomic E-state index is 13.7. The van der Waals surface area contributed by atoms with Gasteiger partial charge in [0.2, 0.25) is 5.43 Å². The molecule has 6 nitrogen and oxygen atoms in total. The van der Waals surface area contributed by atoms with Crippen molar-refractivity contribution in [1.29, 1.82) is 0 Å². The molecule has 1 aromatic heterocycles. The van der Waals surface area contributed by atoms with Gasteiger partial charge in [-0.1, -0.05) is 30.4 Å². The second-order valence-corrected chi connectivity index (χ2v) is 5.87. The Morgan fingerprint density at radius 3 is 2.77 bits per heavy atom. The maximum Gasteiger partial charge on any atom is 0.511 e. The van der Waals surface area contributed by atoms with Crippen LogP contribution in [0.15, 0.2) is 41.3 Å². The molecular formula is C19H16FNO5. The van der Waals surface area contributed by atoms with Crippen LogP contribution in [-0.2, 0) is 13.0 Å². The van der Waals surface area contributed by atoms with Crippen molar-refractivity contribution in [3.8, 4) is 5.75 Å². The molecule has 0 atom stereocenters. The summed E-state index contributed by atoms with van der Waals surface area (Å²) in [5, 5.41) is 8.80. The Balaban J connectivity index is 1.99. The second-order valence-electron chi connectivity index (χ2n) is 5.87. The summed E-state index contributed by atoms with van der Waals surface area (Å²) in [7, 11) is 0. The van der Waals surface area contributed by atoms with Gasteiger partial charge < -0.3 is 14.4 Å². The SMILES string of the molecule is O=C(O)Oc1cn(C/C=C/c2ccccc2F)c2c(c1=O)C(=O)CCC2. The maximum atomic E-state index is 13.7. The Morgan fingerprint density at radius 1 is 1.27 bits per heavy atom. The highest BCUT2D eigenvalue weighted by atomic mass is 19.1. The van der Waals surface area contributed by atoms with E-state index in [1.807, 2.05) is 0 Å². The number of fused-ring (bicyclic) bond motifs is 1. The average molecular weight is 357 g/mol. The highest BCUT2D eigenvalue weighted by Crippen LogP contribution is 2.22. The number of rotatable bonds is 4. The lowest BCUT2D eigenvalue weighted by molar-refractivity contribution is 0.0967. The third kappa shape index (κ3) is 3.56. The fourth-order valence-corrected chi connectivity index (χ4v) is 3.01. The van der Waals surface area contributed by atoms with Gasteiger partial charge in [-0.05, 0) is 18.9 Å². The summed E-state index contributed by atoms with van der Waals surface area (Å²) in [5.74, 6) is -1.10. The standard InChI is InChI=1S/C19H16FNO5/c20-13-7-2-1-5-12(13)6-4-10-21-11-16(26-19(24)25)18(23)17-14(21)8-3-9-15(17)22/h1-2,4-7,11H,3,8-10H2,(H,24,25)/b6-4+. The van der Waals surface area contributed by atoms with Crippen LogP contribution in [0.25, 0.3) is 6.08 Å². The number of pyridine rings is 1. The molecule has 0 spiro atoms. The van der Waals surface area contributed by atoms with Gasteiger partial charge in [0, 0.05) is 24.2 Å². The lowest BCUT2D eigenvalue weighted by Crippen LogP contribution is -2.28. The summed E-state index contributed by atoms with van der Waals surface area (Å²) in [6, 6.07) is 6.26. The molecule has 1 aliphatic carbocycles. The first-order chi connectivity index (χ1) is 12.5.